The second-order valence-corrected chi connectivity index (χ2v) is 7.45. The van der Waals surface area contributed by atoms with Gasteiger partial charge in [0.2, 0.25) is 0 Å². The van der Waals surface area contributed by atoms with Crippen molar-refractivity contribution in [2.24, 2.45) is 0 Å². The van der Waals surface area contributed by atoms with Crippen LogP contribution in [-0.4, -0.2) is 17.7 Å². The van der Waals surface area contributed by atoms with Gasteiger partial charge in [-0.3, -0.25) is 0 Å². The Morgan fingerprint density at radius 2 is 1.48 bits per heavy atom. The van der Waals surface area contributed by atoms with Crippen LogP contribution >= 0.6 is 0 Å². The maximum Gasteiger partial charge on any atom is 0.338 e. The number of hydrogen-bond donors (Lipinski definition) is 1. The fraction of sp³-hybridized carbons (Fsp3) is 0.269. The van der Waals surface area contributed by atoms with Gasteiger partial charge in [0.25, 0.3) is 0 Å². The van der Waals surface area contributed by atoms with E-state index >= 15 is 4.39 Å². The van der Waals surface area contributed by atoms with E-state index in [-0.39, 0.29) is 5.56 Å². The van der Waals surface area contributed by atoms with Gasteiger partial charge in [-0.25, -0.2) is 13.6 Å². The van der Waals surface area contributed by atoms with Gasteiger partial charge in [-0.15, -0.1) is 0 Å². The lowest BCUT2D eigenvalue weighted by atomic mass is 9.92. The van der Waals surface area contributed by atoms with Crippen LogP contribution in [-0.2, 0) is 0 Å². The fourth-order valence-corrected chi connectivity index (χ4v) is 3.51. The second kappa shape index (κ2) is 10.7. The molecule has 0 aromatic heterocycles. The molecule has 0 amide bonds. The van der Waals surface area contributed by atoms with Crippen LogP contribution in [0.1, 0.15) is 49.4 Å². The summed E-state index contributed by atoms with van der Waals surface area (Å²) in [4.78, 5) is 11.5. The van der Waals surface area contributed by atoms with E-state index in [1.807, 2.05) is 0 Å². The molecule has 0 spiro atoms. The molecular formula is C26H26F2O3. The molecule has 3 rings (SSSR count). The average molecular weight is 424 g/mol. The van der Waals surface area contributed by atoms with Gasteiger partial charge < -0.3 is 9.84 Å². The Morgan fingerprint density at radius 3 is 2.13 bits per heavy atom. The van der Waals surface area contributed by atoms with Crippen LogP contribution in [0.3, 0.4) is 0 Å². The van der Waals surface area contributed by atoms with Crippen LogP contribution in [0.4, 0.5) is 8.78 Å². The summed E-state index contributed by atoms with van der Waals surface area (Å²) in [6, 6.07) is 15.4. The smallest absolute Gasteiger partial charge is 0.338 e. The molecule has 0 saturated heterocycles. The highest BCUT2D eigenvalue weighted by Gasteiger charge is 2.20. The van der Waals surface area contributed by atoms with E-state index in [1.165, 1.54) is 37.5 Å². The zero-order valence-corrected chi connectivity index (χ0v) is 17.5. The van der Waals surface area contributed by atoms with Gasteiger partial charge in [0.05, 0.1) is 12.2 Å². The summed E-state index contributed by atoms with van der Waals surface area (Å²) < 4.78 is 34.3. The van der Waals surface area contributed by atoms with E-state index in [2.05, 4.69) is 6.92 Å². The number of carbonyl (C=O) groups is 1. The van der Waals surface area contributed by atoms with Crippen molar-refractivity contribution in [2.75, 3.05) is 6.61 Å². The number of carboxylic acid groups (broad SMARTS) is 1. The van der Waals surface area contributed by atoms with Crippen LogP contribution < -0.4 is 4.74 Å². The predicted octanol–water partition coefficient (Wildman–Crippen LogP) is 7.35. The van der Waals surface area contributed by atoms with Crippen molar-refractivity contribution >= 4 is 5.97 Å². The summed E-state index contributed by atoms with van der Waals surface area (Å²) in [5.74, 6) is -1.88. The lowest BCUT2D eigenvalue weighted by molar-refractivity contribution is 0.0692. The van der Waals surface area contributed by atoms with Gasteiger partial charge in [-0.1, -0.05) is 62.9 Å². The summed E-state index contributed by atoms with van der Waals surface area (Å²) in [6.45, 7) is 2.79. The number of hydrogen-bond acceptors (Lipinski definition) is 2. The molecule has 162 valence electrons. The third-order valence-corrected chi connectivity index (χ3v) is 5.19. The highest BCUT2D eigenvalue weighted by Crippen LogP contribution is 2.36. The van der Waals surface area contributed by atoms with Crippen molar-refractivity contribution in [3.05, 3.63) is 77.9 Å². The summed E-state index contributed by atoms with van der Waals surface area (Å²) in [7, 11) is 0. The molecule has 0 heterocycles. The molecule has 0 saturated carbocycles. The average Bonchev–Trinajstić information content (AvgIpc) is 2.77. The number of halogens is 2. The van der Waals surface area contributed by atoms with E-state index in [0.29, 0.717) is 29.0 Å². The third kappa shape index (κ3) is 5.69. The Labute approximate surface area is 181 Å². The number of benzene rings is 3. The van der Waals surface area contributed by atoms with Gasteiger partial charge >= 0.3 is 5.97 Å². The first-order valence-electron chi connectivity index (χ1n) is 10.6. The van der Waals surface area contributed by atoms with E-state index in [1.54, 1.807) is 42.5 Å². The van der Waals surface area contributed by atoms with E-state index in [9.17, 15) is 14.3 Å². The molecule has 0 aliphatic carbocycles. The van der Waals surface area contributed by atoms with Crippen molar-refractivity contribution in [3.63, 3.8) is 0 Å². The predicted molar refractivity (Wildman–Crippen MR) is 118 cm³/mol. The molecule has 5 heteroatoms. The molecule has 0 unspecified atom stereocenters. The van der Waals surface area contributed by atoms with Crippen LogP contribution in [0.15, 0.2) is 60.7 Å². The normalized spacial score (nSPS) is 10.8. The minimum absolute atomic E-state index is 0.164. The Bertz CT molecular complexity index is 1010. The number of aromatic carboxylic acids is 1. The topological polar surface area (TPSA) is 46.5 Å². The summed E-state index contributed by atoms with van der Waals surface area (Å²) in [5.41, 5.74) is 1.37. The largest absolute Gasteiger partial charge is 0.494 e. The van der Waals surface area contributed by atoms with Crippen LogP contribution in [0, 0.1) is 11.6 Å². The lowest BCUT2D eigenvalue weighted by Gasteiger charge is -2.14. The maximum atomic E-state index is 15.2. The van der Waals surface area contributed by atoms with Gasteiger partial charge in [0.15, 0.2) is 0 Å². The van der Waals surface area contributed by atoms with Gasteiger partial charge in [0.1, 0.15) is 17.4 Å². The first kappa shape index (κ1) is 22.5. The molecular weight excluding hydrogens is 398 g/mol. The van der Waals surface area contributed by atoms with Crippen molar-refractivity contribution in [2.45, 2.75) is 39.0 Å². The molecule has 3 aromatic rings. The van der Waals surface area contributed by atoms with E-state index in [4.69, 9.17) is 4.74 Å². The molecule has 0 bridgehead atoms. The standard InChI is InChI=1S/C26H26F2O3/c1-2-3-4-5-6-17-31-21-13-9-19(10-14-21)24-22(18-7-11-20(27)12-8-18)15-16-23(25(24)28)26(29)30/h7-16H,2-6,17H2,1H3,(H,29,30). The molecule has 3 aromatic carbocycles. The SMILES string of the molecule is CCCCCCCOc1ccc(-c2c(-c3ccc(F)cc3)ccc(C(=O)O)c2F)cc1. The third-order valence-electron chi connectivity index (χ3n) is 5.19. The Balaban J connectivity index is 1.87. The first-order valence-corrected chi connectivity index (χ1v) is 10.6. The monoisotopic (exact) mass is 424 g/mol. The quantitative estimate of drug-likeness (QED) is 0.346. The first-order chi connectivity index (χ1) is 15.0. The molecule has 0 aliphatic rings. The Kier molecular flexibility index (Phi) is 7.76. The van der Waals surface area contributed by atoms with Gasteiger partial charge in [-0.2, -0.15) is 0 Å². The van der Waals surface area contributed by atoms with E-state index in [0.717, 1.165) is 12.8 Å². The number of unbranched alkanes of at least 4 members (excludes halogenated alkanes) is 4. The number of rotatable bonds is 10. The van der Waals surface area contributed by atoms with Crippen LogP contribution in [0.2, 0.25) is 0 Å². The van der Waals surface area contributed by atoms with Gasteiger partial charge in [0, 0.05) is 5.56 Å². The highest BCUT2D eigenvalue weighted by molar-refractivity contribution is 5.94. The zero-order valence-electron chi connectivity index (χ0n) is 17.5. The minimum Gasteiger partial charge on any atom is -0.494 e. The molecule has 0 radical (unpaired) electrons. The molecule has 1 N–H and O–H groups in total. The lowest BCUT2D eigenvalue weighted by Crippen LogP contribution is -2.03. The second-order valence-electron chi connectivity index (χ2n) is 7.45. The van der Waals surface area contributed by atoms with Crippen molar-refractivity contribution < 1.29 is 23.4 Å². The number of carboxylic acids is 1. The molecule has 31 heavy (non-hydrogen) atoms. The van der Waals surface area contributed by atoms with Crippen LogP contribution in [0.5, 0.6) is 5.75 Å². The minimum atomic E-state index is -1.34. The Morgan fingerprint density at radius 1 is 0.839 bits per heavy atom. The van der Waals surface area contributed by atoms with Crippen molar-refractivity contribution in [1.82, 2.24) is 0 Å². The summed E-state index contributed by atoms with van der Waals surface area (Å²) in [6.07, 6.45) is 5.73. The molecule has 0 atom stereocenters. The zero-order chi connectivity index (χ0) is 22.2. The highest BCUT2D eigenvalue weighted by atomic mass is 19.1. The summed E-state index contributed by atoms with van der Waals surface area (Å²) >= 11 is 0. The van der Waals surface area contributed by atoms with Crippen LogP contribution in [0.25, 0.3) is 22.3 Å². The fourth-order valence-electron chi connectivity index (χ4n) is 3.51. The van der Waals surface area contributed by atoms with E-state index < -0.39 is 23.2 Å². The molecule has 0 fully saturated rings. The number of ether oxygens (including phenoxy) is 1. The maximum absolute atomic E-state index is 15.2. The molecule has 0 aliphatic heterocycles. The van der Waals surface area contributed by atoms with Gasteiger partial charge in [-0.05, 0) is 53.4 Å². The molecule has 3 nitrogen and oxygen atoms in total. The van der Waals surface area contributed by atoms with Crippen molar-refractivity contribution in [1.29, 1.82) is 0 Å². The Hall–Kier alpha value is -3.21. The van der Waals surface area contributed by atoms with Crippen molar-refractivity contribution in [3.8, 4) is 28.0 Å². The summed E-state index contributed by atoms with van der Waals surface area (Å²) in [5, 5.41) is 9.34.